The van der Waals surface area contributed by atoms with Crippen molar-refractivity contribution in [3.05, 3.63) is 29.6 Å². The van der Waals surface area contributed by atoms with Crippen molar-refractivity contribution < 1.29 is 0 Å². The van der Waals surface area contributed by atoms with Gasteiger partial charge < -0.3 is 4.98 Å². The lowest BCUT2D eigenvalue weighted by atomic mass is 10.2. The van der Waals surface area contributed by atoms with Crippen molar-refractivity contribution in [2.75, 3.05) is 0 Å². The number of fused-ring (bicyclic) bond motifs is 1. The SMILES string of the molecule is CCCCc1cc2ccc(C)nc2[nH]1. The number of rotatable bonds is 3. The van der Waals surface area contributed by atoms with Crippen LogP contribution in [0.2, 0.25) is 0 Å². The second-order valence-electron chi connectivity index (χ2n) is 3.79. The zero-order valence-electron chi connectivity index (χ0n) is 8.80. The average molecular weight is 188 g/mol. The van der Waals surface area contributed by atoms with Crippen molar-refractivity contribution in [2.24, 2.45) is 0 Å². The number of hydrogen-bond acceptors (Lipinski definition) is 1. The van der Waals surface area contributed by atoms with Gasteiger partial charge in [0.1, 0.15) is 5.65 Å². The summed E-state index contributed by atoms with van der Waals surface area (Å²) in [6.45, 7) is 4.23. The predicted molar refractivity (Wildman–Crippen MR) is 59.4 cm³/mol. The Bertz CT molecular complexity index is 429. The Kier molecular flexibility index (Phi) is 2.53. The molecule has 2 nitrogen and oxygen atoms in total. The molecule has 2 aromatic rings. The van der Waals surface area contributed by atoms with E-state index in [-0.39, 0.29) is 0 Å². The number of unbranched alkanes of at least 4 members (excludes halogenated alkanes) is 1. The van der Waals surface area contributed by atoms with Gasteiger partial charge in [-0.2, -0.15) is 0 Å². The molecule has 0 aliphatic heterocycles. The molecule has 2 aromatic heterocycles. The number of H-pyrrole nitrogens is 1. The van der Waals surface area contributed by atoms with Crippen molar-refractivity contribution in [3.8, 4) is 0 Å². The van der Waals surface area contributed by atoms with Crippen LogP contribution < -0.4 is 0 Å². The third kappa shape index (κ3) is 1.79. The number of aromatic amines is 1. The quantitative estimate of drug-likeness (QED) is 0.787. The first-order chi connectivity index (χ1) is 6.79. The van der Waals surface area contributed by atoms with Gasteiger partial charge in [-0.1, -0.05) is 13.3 Å². The summed E-state index contributed by atoms with van der Waals surface area (Å²) in [5.41, 5.74) is 3.40. The standard InChI is InChI=1S/C12H16N2/c1-3-4-5-11-8-10-7-6-9(2)13-12(10)14-11/h6-8H,3-5H2,1-2H3,(H,13,14). The lowest BCUT2D eigenvalue weighted by Gasteiger charge is -1.92. The van der Waals surface area contributed by atoms with Gasteiger partial charge in [-0.05, 0) is 38.0 Å². The van der Waals surface area contributed by atoms with Crippen molar-refractivity contribution in [3.63, 3.8) is 0 Å². The maximum atomic E-state index is 4.45. The van der Waals surface area contributed by atoms with Gasteiger partial charge >= 0.3 is 0 Å². The Morgan fingerprint density at radius 3 is 3.00 bits per heavy atom. The molecule has 0 spiro atoms. The van der Waals surface area contributed by atoms with E-state index in [2.05, 4.69) is 35.1 Å². The molecule has 0 aromatic carbocycles. The van der Waals surface area contributed by atoms with Crippen LogP contribution in [0, 0.1) is 6.92 Å². The molecule has 2 heteroatoms. The Labute approximate surface area is 84.4 Å². The molecule has 0 bridgehead atoms. The van der Waals surface area contributed by atoms with E-state index >= 15 is 0 Å². The highest BCUT2D eigenvalue weighted by Gasteiger charge is 2.00. The minimum atomic E-state index is 1.02. The second-order valence-corrected chi connectivity index (χ2v) is 3.79. The van der Waals surface area contributed by atoms with Crippen LogP contribution in [-0.4, -0.2) is 9.97 Å². The highest BCUT2D eigenvalue weighted by atomic mass is 14.9. The van der Waals surface area contributed by atoms with Gasteiger partial charge in [0.05, 0.1) is 0 Å². The number of hydrogen-bond donors (Lipinski definition) is 1. The first-order valence-electron chi connectivity index (χ1n) is 5.25. The van der Waals surface area contributed by atoms with Crippen LogP contribution in [0.3, 0.4) is 0 Å². The smallest absolute Gasteiger partial charge is 0.137 e. The van der Waals surface area contributed by atoms with Crippen LogP contribution in [-0.2, 0) is 6.42 Å². The number of aryl methyl sites for hydroxylation is 2. The van der Waals surface area contributed by atoms with Crippen LogP contribution in [0.5, 0.6) is 0 Å². The van der Waals surface area contributed by atoms with E-state index in [9.17, 15) is 0 Å². The van der Waals surface area contributed by atoms with Gasteiger partial charge in [-0.3, -0.25) is 0 Å². The Morgan fingerprint density at radius 1 is 1.36 bits per heavy atom. The number of aromatic nitrogens is 2. The van der Waals surface area contributed by atoms with E-state index in [4.69, 9.17) is 0 Å². The molecule has 0 atom stereocenters. The van der Waals surface area contributed by atoms with Crippen LogP contribution in [0.1, 0.15) is 31.2 Å². The van der Waals surface area contributed by atoms with E-state index in [0.29, 0.717) is 0 Å². The Hall–Kier alpha value is -1.31. The second kappa shape index (κ2) is 3.82. The van der Waals surface area contributed by atoms with Gasteiger partial charge in [-0.15, -0.1) is 0 Å². The minimum absolute atomic E-state index is 1.02. The van der Waals surface area contributed by atoms with Gasteiger partial charge in [0.15, 0.2) is 0 Å². The number of nitrogens with one attached hydrogen (secondary N) is 1. The molecule has 0 saturated heterocycles. The van der Waals surface area contributed by atoms with Gasteiger partial charge in [0.2, 0.25) is 0 Å². The highest BCUT2D eigenvalue weighted by Crippen LogP contribution is 2.15. The van der Waals surface area contributed by atoms with E-state index in [1.54, 1.807) is 0 Å². The first kappa shape index (κ1) is 9.25. The normalized spacial score (nSPS) is 11.0. The Morgan fingerprint density at radius 2 is 2.21 bits per heavy atom. The van der Waals surface area contributed by atoms with Gasteiger partial charge in [0.25, 0.3) is 0 Å². The monoisotopic (exact) mass is 188 g/mol. The molecule has 74 valence electrons. The molecule has 0 aliphatic carbocycles. The zero-order valence-corrected chi connectivity index (χ0v) is 8.80. The molecule has 0 aliphatic rings. The minimum Gasteiger partial charge on any atom is -0.343 e. The van der Waals surface area contributed by atoms with E-state index in [1.165, 1.54) is 23.9 Å². The largest absolute Gasteiger partial charge is 0.343 e. The molecule has 0 saturated carbocycles. The third-order valence-electron chi connectivity index (χ3n) is 2.47. The van der Waals surface area contributed by atoms with Crippen LogP contribution in [0.15, 0.2) is 18.2 Å². The number of pyridine rings is 1. The fraction of sp³-hybridized carbons (Fsp3) is 0.417. The highest BCUT2D eigenvalue weighted by molar-refractivity contribution is 5.76. The van der Waals surface area contributed by atoms with E-state index < -0.39 is 0 Å². The van der Waals surface area contributed by atoms with Gasteiger partial charge in [-0.25, -0.2) is 4.98 Å². The molecule has 2 rings (SSSR count). The van der Waals surface area contributed by atoms with E-state index in [1.807, 2.05) is 6.92 Å². The van der Waals surface area contributed by atoms with Crippen LogP contribution >= 0.6 is 0 Å². The summed E-state index contributed by atoms with van der Waals surface area (Å²) in [5, 5.41) is 1.22. The summed E-state index contributed by atoms with van der Waals surface area (Å²) in [7, 11) is 0. The molecule has 14 heavy (non-hydrogen) atoms. The molecular formula is C12H16N2. The van der Waals surface area contributed by atoms with Crippen molar-refractivity contribution in [2.45, 2.75) is 33.1 Å². The molecule has 0 fully saturated rings. The van der Waals surface area contributed by atoms with Crippen LogP contribution in [0.4, 0.5) is 0 Å². The van der Waals surface area contributed by atoms with Crippen molar-refractivity contribution >= 4 is 11.0 Å². The summed E-state index contributed by atoms with van der Waals surface area (Å²) in [5.74, 6) is 0. The Balaban J connectivity index is 2.32. The molecule has 2 heterocycles. The van der Waals surface area contributed by atoms with Crippen molar-refractivity contribution in [1.82, 2.24) is 9.97 Å². The fourth-order valence-corrected chi connectivity index (χ4v) is 1.66. The molecule has 0 unspecified atom stereocenters. The maximum Gasteiger partial charge on any atom is 0.137 e. The number of nitrogens with zero attached hydrogens (tertiary/aromatic N) is 1. The maximum absolute atomic E-state index is 4.45. The lowest BCUT2D eigenvalue weighted by molar-refractivity contribution is 0.782. The van der Waals surface area contributed by atoms with Crippen molar-refractivity contribution in [1.29, 1.82) is 0 Å². The van der Waals surface area contributed by atoms with Gasteiger partial charge in [0, 0.05) is 16.8 Å². The summed E-state index contributed by atoms with van der Waals surface area (Å²) < 4.78 is 0. The molecule has 0 radical (unpaired) electrons. The predicted octanol–water partition coefficient (Wildman–Crippen LogP) is 3.21. The van der Waals surface area contributed by atoms with Crippen LogP contribution in [0.25, 0.3) is 11.0 Å². The van der Waals surface area contributed by atoms with E-state index in [0.717, 1.165) is 17.8 Å². The summed E-state index contributed by atoms with van der Waals surface area (Å²) in [4.78, 5) is 7.81. The average Bonchev–Trinajstić information content (AvgIpc) is 2.56. The zero-order chi connectivity index (χ0) is 9.97. The molecule has 0 amide bonds. The molecular weight excluding hydrogens is 172 g/mol. The topological polar surface area (TPSA) is 28.7 Å². The third-order valence-corrected chi connectivity index (χ3v) is 2.47. The fourth-order valence-electron chi connectivity index (χ4n) is 1.66. The molecule has 1 N–H and O–H groups in total. The lowest BCUT2D eigenvalue weighted by Crippen LogP contribution is -1.84. The summed E-state index contributed by atoms with van der Waals surface area (Å²) >= 11 is 0. The summed E-state index contributed by atoms with van der Waals surface area (Å²) in [6.07, 6.45) is 3.61. The summed E-state index contributed by atoms with van der Waals surface area (Å²) in [6, 6.07) is 6.39. The first-order valence-corrected chi connectivity index (χ1v) is 5.25.